The number of nitriles is 1. The van der Waals surface area contributed by atoms with E-state index in [1.165, 1.54) is 11.1 Å². The lowest BCUT2D eigenvalue weighted by Gasteiger charge is -2.42. The van der Waals surface area contributed by atoms with Gasteiger partial charge in [-0.3, -0.25) is 4.98 Å². The zero-order valence-corrected chi connectivity index (χ0v) is 14.2. The Balaban J connectivity index is 1.74. The summed E-state index contributed by atoms with van der Waals surface area (Å²) in [5, 5.41) is 9.59. The van der Waals surface area contributed by atoms with Gasteiger partial charge in [-0.2, -0.15) is 5.26 Å². The zero-order chi connectivity index (χ0) is 16.7. The Morgan fingerprint density at radius 2 is 2.12 bits per heavy atom. The van der Waals surface area contributed by atoms with Crippen molar-refractivity contribution in [3.8, 4) is 6.07 Å². The fraction of sp³-hybridized carbons (Fsp3) is 0.400. The van der Waals surface area contributed by atoms with Gasteiger partial charge in [0.1, 0.15) is 11.7 Å². The average molecular weight is 319 g/mol. The Hall–Kier alpha value is -2.38. The van der Waals surface area contributed by atoms with E-state index in [1.807, 2.05) is 19.9 Å². The molecular weight excluding hydrogens is 298 g/mol. The monoisotopic (exact) mass is 319 g/mol. The molecule has 0 bridgehead atoms. The number of pyridine rings is 1. The van der Waals surface area contributed by atoms with Crippen LogP contribution in [0.2, 0.25) is 0 Å². The molecule has 2 aliphatic rings. The Morgan fingerprint density at radius 1 is 1.29 bits per heavy atom. The number of nitrogens with zero attached hydrogens (tertiary/aromatic N) is 3. The summed E-state index contributed by atoms with van der Waals surface area (Å²) in [5.74, 6) is 0. The highest BCUT2D eigenvalue weighted by atomic mass is 16.5. The van der Waals surface area contributed by atoms with Crippen molar-refractivity contribution in [2.45, 2.75) is 32.3 Å². The number of fused-ring (bicyclic) bond motifs is 2. The maximum absolute atomic E-state index is 9.59. The molecule has 122 valence electrons. The third-order valence-corrected chi connectivity index (χ3v) is 5.25. The van der Waals surface area contributed by atoms with Crippen molar-refractivity contribution in [1.82, 2.24) is 4.98 Å². The fourth-order valence-corrected chi connectivity index (χ4v) is 4.15. The van der Waals surface area contributed by atoms with E-state index in [0.717, 1.165) is 43.0 Å². The molecule has 0 amide bonds. The van der Waals surface area contributed by atoms with Crippen LogP contribution < -0.4 is 4.90 Å². The summed E-state index contributed by atoms with van der Waals surface area (Å²) >= 11 is 0. The van der Waals surface area contributed by atoms with Gasteiger partial charge < -0.3 is 9.64 Å². The van der Waals surface area contributed by atoms with Crippen LogP contribution in [-0.4, -0.2) is 24.7 Å². The van der Waals surface area contributed by atoms with E-state index in [-0.39, 0.29) is 5.60 Å². The normalized spacial score (nSPS) is 22.5. The number of aryl methyl sites for hydroxylation is 3. The van der Waals surface area contributed by atoms with Crippen LogP contribution in [0.1, 0.15) is 34.5 Å². The fourth-order valence-electron chi connectivity index (χ4n) is 4.15. The maximum Gasteiger partial charge on any atom is 0.111 e. The number of hydrogen-bond donors (Lipinski definition) is 0. The third kappa shape index (κ3) is 2.28. The molecule has 1 aliphatic heterocycles. The number of morpholine rings is 1. The summed E-state index contributed by atoms with van der Waals surface area (Å²) in [6, 6.07) is 13.0. The smallest absolute Gasteiger partial charge is 0.111 e. The van der Waals surface area contributed by atoms with Gasteiger partial charge in [-0.15, -0.1) is 0 Å². The molecule has 24 heavy (non-hydrogen) atoms. The van der Waals surface area contributed by atoms with Crippen LogP contribution in [0.3, 0.4) is 0 Å². The maximum atomic E-state index is 9.59. The molecule has 1 saturated heterocycles. The van der Waals surface area contributed by atoms with Crippen molar-refractivity contribution >= 4 is 5.69 Å². The molecule has 0 radical (unpaired) electrons. The van der Waals surface area contributed by atoms with E-state index in [4.69, 9.17) is 4.74 Å². The predicted molar refractivity (Wildman–Crippen MR) is 93.0 cm³/mol. The molecule has 4 heteroatoms. The minimum atomic E-state index is -0.243. The van der Waals surface area contributed by atoms with Crippen molar-refractivity contribution in [3.05, 3.63) is 58.4 Å². The molecular formula is C20H21N3O. The van der Waals surface area contributed by atoms with Gasteiger partial charge in [-0.25, -0.2) is 0 Å². The largest absolute Gasteiger partial charge is 0.367 e. The first-order valence-corrected chi connectivity index (χ1v) is 8.49. The van der Waals surface area contributed by atoms with Crippen LogP contribution in [0.4, 0.5) is 5.69 Å². The van der Waals surface area contributed by atoms with Crippen LogP contribution >= 0.6 is 0 Å². The minimum Gasteiger partial charge on any atom is -0.367 e. The first-order valence-electron chi connectivity index (χ1n) is 8.49. The summed E-state index contributed by atoms with van der Waals surface area (Å²) in [7, 11) is 0. The first kappa shape index (κ1) is 15.2. The highest BCUT2D eigenvalue weighted by molar-refractivity contribution is 5.62. The second-order valence-corrected chi connectivity index (χ2v) is 6.78. The summed E-state index contributed by atoms with van der Waals surface area (Å²) in [4.78, 5) is 6.76. The molecule has 2 aromatic rings. The van der Waals surface area contributed by atoms with Crippen LogP contribution in [-0.2, 0) is 16.8 Å². The van der Waals surface area contributed by atoms with E-state index in [2.05, 4.69) is 40.2 Å². The van der Waals surface area contributed by atoms with Gasteiger partial charge >= 0.3 is 0 Å². The van der Waals surface area contributed by atoms with Crippen molar-refractivity contribution < 1.29 is 4.74 Å². The van der Waals surface area contributed by atoms with Gasteiger partial charge in [0.05, 0.1) is 30.1 Å². The molecule has 0 saturated carbocycles. The van der Waals surface area contributed by atoms with Crippen LogP contribution in [0, 0.1) is 25.2 Å². The molecule has 1 aromatic heterocycles. The van der Waals surface area contributed by atoms with Gasteiger partial charge in [0.25, 0.3) is 0 Å². The second-order valence-electron chi connectivity index (χ2n) is 6.78. The van der Waals surface area contributed by atoms with Gasteiger partial charge in [-0.1, -0.05) is 24.3 Å². The van der Waals surface area contributed by atoms with E-state index in [1.54, 1.807) is 0 Å². The zero-order valence-electron chi connectivity index (χ0n) is 14.2. The van der Waals surface area contributed by atoms with Gasteiger partial charge in [0, 0.05) is 12.2 Å². The number of ether oxygens (including phenoxy) is 1. The molecule has 1 unspecified atom stereocenters. The van der Waals surface area contributed by atoms with Crippen LogP contribution in [0.15, 0.2) is 30.3 Å². The Bertz CT molecular complexity index is 835. The van der Waals surface area contributed by atoms with Gasteiger partial charge in [0.15, 0.2) is 0 Å². The first-order chi connectivity index (χ1) is 11.6. The lowest BCUT2D eigenvalue weighted by molar-refractivity contribution is -0.0592. The predicted octanol–water partition coefficient (Wildman–Crippen LogP) is 3.25. The lowest BCUT2D eigenvalue weighted by Crippen LogP contribution is -2.49. The van der Waals surface area contributed by atoms with E-state index in [0.29, 0.717) is 12.2 Å². The molecule has 0 N–H and O–H groups in total. The summed E-state index contributed by atoms with van der Waals surface area (Å²) in [6.45, 7) is 6.18. The van der Waals surface area contributed by atoms with Crippen LogP contribution in [0.25, 0.3) is 0 Å². The minimum absolute atomic E-state index is 0.243. The topological polar surface area (TPSA) is 49.1 Å². The van der Waals surface area contributed by atoms with Crippen LogP contribution in [0.5, 0.6) is 0 Å². The second kappa shape index (κ2) is 5.61. The third-order valence-electron chi connectivity index (χ3n) is 5.25. The molecule has 1 fully saturated rings. The molecule has 4 nitrogen and oxygen atoms in total. The van der Waals surface area contributed by atoms with E-state index < -0.39 is 0 Å². The molecule has 1 aromatic carbocycles. The highest BCUT2D eigenvalue weighted by Crippen LogP contribution is 2.43. The summed E-state index contributed by atoms with van der Waals surface area (Å²) in [5.41, 5.74) is 5.90. The number of benzene rings is 1. The molecule has 1 aliphatic carbocycles. The Morgan fingerprint density at radius 3 is 2.96 bits per heavy atom. The molecule has 1 spiro atoms. The molecule has 1 atom stereocenters. The van der Waals surface area contributed by atoms with Crippen molar-refractivity contribution in [2.75, 3.05) is 24.6 Å². The molecule has 4 rings (SSSR count). The number of rotatable bonds is 1. The number of aromatic nitrogens is 1. The summed E-state index contributed by atoms with van der Waals surface area (Å²) < 4.78 is 6.30. The standard InChI is InChI=1S/C20H21N3O/c1-14-11-19(17(12-21)15(2)22-14)23-9-10-24-20(13-23)8-7-16-5-3-4-6-18(16)20/h3-6,11H,7-10,13H2,1-2H3. The number of anilines is 1. The summed E-state index contributed by atoms with van der Waals surface area (Å²) in [6.07, 6.45) is 2.07. The van der Waals surface area contributed by atoms with Crippen molar-refractivity contribution in [1.29, 1.82) is 5.26 Å². The highest BCUT2D eigenvalue weighted by Gasteiger charge is 2.43. The Kier molecular flexibility index (Phi) is 3.54. The lowest BCUT2D eigenvalue weighted by atomic mass is 9.93. The van der Waals surface area contributed by atoms with E-state index >= 15 is 0 Å². The average Bonchev–Trinajstić information content (AvgIpc) is 2.93. The number of hydrogen-bond acceptors (Lipinski definition) is 4. The van der Waals surface area contributed by atoms with Gasteiger partial charge in [-0.05, 0) is 43.9 Å². The SMILES string of the molecule is Cc1cc(N2CCOC3(CCc4ccccc43)C2)c(C#N)c(C)n1. The molecule has 2 heterocycles. The van der Waals surface area contributed by atoms with E-state index in [9.17, 15) is 5.26 Å². The van der Waals surface area contributed by atoms with Crippen molar-refractivity contribution in [2.24, 2.45) is 0 Å². The Labute approximate surface area is 142 Å². The van der Waals surface area contributed by atoms with Crippen molar-refractivity contribution in [3.63, 3.8) is 0 Å². The van der Waals surface area contributed by atoms with Gasteiger partial charge in [0.2, 0.25) is 0 Å². The quantitative estimate of drug-likeness (QED) is 0.809.